The minimum atomic E-state index is -0.448. The number of hydrogen-bond donors (Lipinski definition) is 1. The molecule has 2 aromatic carbocycles. The van der Waals surface area contributed by atoms with Crippen LogP contribution in [0.4, 0.5) is 5.13 Å². The van der Waals surface area contributed by atoms with Crippen LogP contribution in [0.3, 0.4) is 0 Å². The van der Waals surface area contributed by atoms with Gasteiger partial charge in [0.15, 0.2) is 5.13 Å². The summed E-state index contributed by atoms with van der Waals surface area (Å²) < 4.78 is 5.36. The van der Waals surface area contributed by atoms with Crippen molar-refractivity contribution in [3.05, 3.63) is 75.4 Å². The van der Waals surface area contributed by atoms with E-state index in [2.05, 4.69) is 10.3 Å². The molecule has 0 unspecified atom stereocenters. The number of benzene rings is 2. The van der Waals surface area contributed by atoms with E-state index in [0.717, 1.165) is 22.5 Å². The SMILES string of the molecule is O=C(CCCSc1ccc(Cl)cc1)Nc1nc(-c2cc3ccccc3oc2=O)cs1. The highest BCUT2D eigenvalue weighted by Crippen LogP contribution is 2.26. The molecule has 2 aromatic heterocycles. The first-order chi connectivity index (χ1) is 14.6. The molecule has 1 amide bonds. The molecule has 0 bridgehead atoms. The maximum Gasteiger partial charge on any atom is 0.345 e. The van der Waals surface area contributed by atoms with Crippen molar-refractivity contribution in [3.63, 3.8) is 0 Å². The van der Waals surface area contributed by atoms with E-state index in [-0.39, 0.29) is 5.91 Å². The zero-order valence-corrected chi connectivity index (χ0v) is 18.2. The molecular weight excluding hydrogens is 440 g/mol. The summed E-state index contributed by atoms with van der Waals surface area (Å²) >= 11 is 8.84. The summed E-state index contributed by atoms with van der Waals surface area (Å²) in [5.41, 5.74) is 0.959. The smallest absolute Gasteiger partial charge is 0.345 e. The van der Waals surface area contributed by atoms with E-state index in [9.17, 15) is 9.59 Å². The predicted octanol–water partition coefficient (Wildman–Crippen LogP) is 6.08. The summed E-state index contributed by atoms with van der Waals surface area (Å²) in [4.78, 5) is 30.0. The summed E-state index contributed by atoms with van der Waals surface area (Å²) in [5.74, 6) is 0.731. The third-order valence-corrected chi connectivity index (χ3v) is 6.41. The van der Waals surface area contributed by atoms with Gasteiger partial charge < -0.3 is 9.73 Å². The Morgan fingerprint density at radius 1 is 1.17 bits per heavy atom. The molecule has 2 heterocycles. The van der Waals surface area contributed by atoms with Crippen molar-refractivity contribution in [2.45, 2.75) is 17.7 Å². The highest BCUT2D eigenvalue weighted by Gasteiger charge is 2.13. The van der Waals surface area contributed by atoms with Crippen molar-refractivity contribution >= 4 is 56.7 Å². The number of hydrogen-bond acceptors (Lipinski definition) is 6. The summed E-state index contributed by atoms with van der Waals surface area (Å²) in [6.45, 7) is 0. The van der Waals surface area contributed by atoms with Crippen LogP contribution in [0, 0.1) is 0 Å². The molecule has 30 heavy (non-hydrogen) atoms. The molecular formula is C22H17ClN2O3S2. The molecule has 0 fully saturated rings. The van der Waals surface area contributed by atoms with Crippen molar-refractivity contribution < 1.29 is 9.21 Å². The van der Waals surface area contributed by atoms with Crippen LogP contribution in [-0.4, -0.2) is 16.6 Å². The zero-order chi connectivity index (χ0) is 20.9. The maximum absolute atomic E-state index is 12.3. The van der Waals surface area contributed by atoms with Crippen molar-refractivity contribution in [2.75, 3.05) is 11.1 Å². The molecule has 4 aromatic rings. The van der Waals surface area contributed by atoms with Gasteiger partial charge in [0.1, 0.15) is 5.58 Å². The summed E-state index contributed by atoms with van der Waals surface area (Å²) in [5, 5.41) is 6.55. The standard InChI is InChI=1S/C22H17ClN2O3S2/c23-15-7-9-16(10-8-15)29-11-3-6-20(26)25-22-24-18(13-30-22)17-12-14-4-1-2-5-19(14)28-21(17)27/h1-2,4-5,7-10,12-13H,3,6,11H2,(H,24,25,26). The van der Waals surface area contributed by atoms with Crippen LogP contribution < -0.4 is 10.9 Å². The third kappa shape index (κ3) is 5.11. The Morgan fingerprint density at radius 3 is 2.80 bits per heavy atom. The number of nitrogens with zero attached hydrogens (tertiary/aromatic N) is 1. The zero-order valence-electron chi connectivity index (χ0n) is 15.8. The number of aromatic nitrogens is 1. The lowest BCUT2D eigenvalue weighted by Crippen LogP contribution is -2.11. The fourth-order valence-electron chi connectivity index (χ4n) is 2.83. The van der Waals surface area contributed by atoms with Gasteiger partial charge in [-0.1, -0.05) is 29.8 Å². The number of para-hydroxylation sites is 1. The maximum atomic E-state index is 12.3. The van der Waals surface area contributed by atoms with Gasteiger partial charge in [0, 0.05) is 27.1 Å². The van der Waals surface area contributed by atoms with E-state index >= 15 is 0 Å². The predicted molar refractivity (Wildman–Crippen MR) is 124 cm³/mol. The second-order valence-corrected chi connectivity index (χ2v) is 8.94. The Bertz CT molecular complexity index is 1240. The number of nitrogens with one attached hydrogen (secondary N) is 1. The normalized spacial score (nSPS) is 11.0. The van der Waals surface area contributed by atoms with Gasteiger partial charge in [-0.15, -0.1) is 23.1 Å². The minimum Gasteiger partial charge on any atom is -0.422 e. The van der Waals surface area contributed by atoms with Crippen LogP contribution >= 0.6 is 34.7 Å². The van der Waals surface area contributed by atoms with Crippen molar-refractivity contribution in [1.29, 1.82) is 0 Å². The lowest BCUT2D eigenvalue weighted by molar-refractivity contribution is -0.116. The van der Waals surface area contributed by atoms with Gasteiger partial charge in [-0.2, -0.15) is 0 Å². The molecule has 5 nitrogen and oxygen atoms in total. The van der Waals surface area contributed by atoms with E-state index in [1.54, 1.807) is 29.3 Å². The Morgan fingerprint density at radius 2 is 1.97 bits per heavy atom. The van der Waals surface area contributed by atoms with Gasteiger partial charge in [-0.25, -0.2) is 9.78 Å². The fraction of sp³-hybridized carbons (Fsp3) is 0.136. The van der Waals surface area contributed by atoms with Gasteiger partial charge in [0.05, 0.1) is 11.3 Å². The van der Waals surface area contributed by atoms with E-state index in [0.29, 0.717) is 33.4 Å². The van der Waals surface area contributed by atoms with Crippen molar-refractivity contribution in [2.24, 2.45) is 0 Å². The number of carbonyl (C=O) groups is 1. The molecule has 0 radical (unpaired) electrons. The van der Waals surface area contributed by atoms with Gasteiger partial charge in [-0.05, 0) is 48.6 Å². The number of fused-ring (bicyclic) bond motifs is 1. The summed E-state index contributed by atoms with van der Waals surface area (Å²) in [6, 6.07) is 16.7. The first-order valence-corrected chi connectivity index (χ1v) is 11.5. The molecule has 0 aliphatic rings. The van der Waals surface area contributed by atoms with Gasteiger partial charge >= 0.3 is 5.63 Å². The van der Waals surface area contributed by atoms with Crippen LogP contribution in [0.2, 0.25) is 5.02 Å². The minimum absolute atomic E-state index is 0.0989. The lowest BCUT2D eigenvalue weighted by Gasteiger charge is -2.03. The van der Waals surface area contributed by atoms with Crippen LogP contribution in [0.1, 0.15) is 12.8 Å². The number of rotatable bonds is 7. The molecule has 0 aliphatic heterocycles. The van der Waals surface area contributed by atoms with Crippen LogP contribution in [0.25, 0.3) is 22.2 Å². The Hall–Kier alpha value is -2.61. The second kappa shape index (κ2) is 9.47. The molecule has 4 rings (SSSR count). The van der Waals surface area contributed by atoms with Crippen LogP contribution in [0.5, 0.6) is 0 Å². The molecule has 0 aliphatic carbocycles. The number of amides is 1. The molecule has 1 N–H and O–H groups in total. The summed E-state index contributed by atoms with van der Waals surface area (Å²) in [7, 11) is 0. The van der Waals surface area contributed by atoms with Gasteiger partial charge in [-0.3, -0.25) is 4.79 Å². The highest BCUT2D eigenvalue weighted by molar-refractivity contribution is 7.99. The fourth-order valence-corrected chi connectivity index (χ4v) is 4.54. The first kappa shape index (κ1) is 20.7. The second-order valence-electron chi connectivity index (χ2n) is 6.48. The number of thiazole rings is 1. The molecule has 152 valence electrons. The van der Waals surface area contributed by atoms with Gasteiger partial charge in [0.25, 0.3) is 0 Å². The molecule has 0 saturated carbocycles. The van der Waals surface area contributed by atoms with Crippen molar-refractivity contribution in [1.82, 2.24) is 4.98 Å². The Labute approximate surface area is 186 Å². The summed E-state index contributed by atoms with van der Waals surface area (Å²) in [6.07, 6.45) is 1.14. The van der Waals surface area contributed by atoms with E-state index in [1.165, 1.54) is 11.3 Å². The largest absolute Gasteiger partial charge is 0.422 e. The van der Waals surface area contributed by atoms with E-state index in [4.69, 9.17) is 16.0 Å². The Balaban J connectivity index is 1.33. The Kier molecular flexibility index (Phi) is 6.52. The number of halogens is 1. The lowest BCUT2D eigenvalue weighted by atomic mass is 10.1. The topological polar surface area (TPSA) is 72.2 Å². The molecule has 0 atom stereocenters. The first-order valence-electron chi connectivity index (χ1n) is 9.25. The highest BCUT2D eigenvalue weighted by atomic mass is 35.5. The van der Waals surface area contributed by atoms with Crippen LogP contribution in [0.15, 0.2) is 74.1 Å². The number of carbonyl (C=O) groups excluding carboxylic acids is 1. The third-order valence-electron chi connectivity index (χ3n) is 4.30. The van der Waals surface area contributed by atoms with Crippen molar-refractivity contribution in [3.8, 4) is 11.3 Å². The number of thioether (sulfide) groups is 1. The van der Waals surface area contributed by atoms with E-state index < -0.39 is 5.63 Å². The molecule has 8 heteroatoms. The molecule has 0 spiro atoms. The average Bonchev–Trinajstić information content (AvgIpc) is 3.20. The average molecular weight is 457 g/mol. The molecule has 0 saturated heterocycles. The quantitative estimate of drug-likeness (QED) is 0.207. The van der Waals surface area contributed by atoms with Crippen LogP contribution in [-0.2, 0) is 4.79 Å². The van der Waals surface area contributed by atoms with Gasteiger partial charge in [0.2, 0.25) is 5.91 Å². The monoisotopic (exact) mass is 456 g/mol. The van der Waals surface area contributed by atoms with E-state index in [1.807, 2.05) is 42.5 Å². The number of anilines is 1.